The van der Waals surface area contributed by atoms with Gasteiger partial charge in [0, 0.05) is 0 Å². The Labute approximate surface area is 473 Å². The predicted octanol–water partition coefficient (Wildman–Crippen LogP) is 15.0. The summed E-state index contributed by atoms with van der Waals surface area (Å²) in [4.78, 5) is 13.2. The number of hydrogen-bond acceptors (Lipinski definition) is 10. The molecule has 0 aromatic heterocycles. The lowest BCUT2D eigenvalue weighted by Crippen LogP contribution is -2.60. The Hall–Kier alpha value is -1.67. The van der Waals surface area contributed by atoms with Crippen molar-refractivity contribution in [1.82, 2.24) is 5.32 Å². The number of unbranched alkanes of at least 4 members (excludes halogenated alkanes) is 39. The lowest BCUT2D eigenvalue weighted by Gasteiger charge is -2.40. The highest BCUT2D eigenvalue weighted by atomic mass is 16.7. The van der Waals surface area contributed by atoms with Crippen molar-refractivity contribution in [2.75, 3.05) is 13.2 Å². The summed E-state index contributed by atoms with van der Waals surface area (Å²) in [5.74, 6) is -0.707. The first-order valence-electron chi connectivity index (χ1n) is 32.9. The molecule has 1 aliphatic rings. The van der Waals surface area contributed by atoms with Crippen LogP contribution in [0.2, 0.25) is 0 Å². The molecule has 0 aromatic rings. The second-order valence-electron chi connectivity index (χ2n) is 23.2. The zero-order valence-electron chi connectivity index (χ0n) is 50.0. The summed E-state index contributed by atoms with van der Waals surface area (Å²) in [6.45, 7) is 3.47. The van der Waals surface area contributed by atoms with Crippen molar-refractivity contribution in [2.45, 2.75) is 364 Å². The number of aliphatic hydroxyl groups is 7. The molecule has 0 saturated carbocycles. The first-order valence-corrected chi connectivity index (χ1v) is 32.9. The lowest BCUT2D eigenvalue weighted by atomic mass is 9.98. The van der Waals surface area contributed by atoms with Gasteiger partial charge in [-0.3, -0.25) is 4.79 Å². The molecule has 1 saturated heterocycles. The minimum absolute atomic E-state index is 0.243. The van der Waals surface area contributed by atoms with Crippen molar-refractivity contribution in [3.8, 4) is 0 Å². The standard InChI is InChI=1S/C66H125NO10/c1-3-5-7-9-11-13-15-17-19-21-23-25-27-28-29-30-31-32-34-36-38-40-42-44-46-48-50-52-54-59(70)65(75)67-57(56-76-66-64(74)63(73)62(72)60(55-68)77-66)61(71)58(69)53-51-49-47-45-43-41-39-37-35-33-26-24-22-20-18-16-14-12-10-8-6-4-2/h24,26,37,39,45,47,57-64,66,68-74H,3-23,25,27-36,38,40-44,46,48-56H2,1-2H3,(H,67,75)/b26-24+,39-37+,47-45+. The molecule has 9 atom stereocenters. The van der Waals surface area contributed by atoms with E-state index in [1.807, 2.05) is 0 Å². The van der Waals surface area contributed by atoms with E-state index in [0.717, 1.165) is 44.9 Å². The number of aliphatic hydroxyl groups excluding tert-OH is 7. The summed E-state index contributed by atoms with van der Waals surface area (Å²) in [5.41, 5.74) is 0. The van der Waals surface area contributed by atoms with Gasteiger partial charge in [-0.2, -0.15) is 0 Å². The fourth-order valence-electron chi connectivity index (χ4n) is 10.6. The summed E-state index contributed by atoms with van der Waals surface area (Å²) in [6, 6.07) is -1.19. The molecule has 8 N–H and O–H groups in total. The number of amides is 1. The van der Waals surface area contributed by atoms with Crippen molar-refractivity contribution < 1.29 is 50.0 Å². The van der Waals surface area contributed by atoms with Crippen molar-refractivity contribution in [3.05, 3.63) is 36.5 Å². The average Bonchev–Trinajstić information content (AvgIpc) is 3.43. The fraction of sp³-hybridized carbons (Fsp3) is 0.894. The smallest absolute Gasteiger partial charge is 0.249 e. The number of nitrogens with one attached hydrogen (secondary N) is 1. The predicted molar refractivity (Wildman–Crippen MR) is 321 cm³/mol. The zero-order chi connectivity index (χ0) is 56.1. The van der Waals surface area contributed by atoms with Crippen LogP contribution in [0.3, 0.4) is 0 Å². The number of hydrogen-bond donors (Lipinski definition) is 8. The van der Waals surface area contributed by atoms with Gasteiger partial charge in [-0.25, -0.2) is 0 Å². The first kappa shape index (κ1) is 73.3. The second kappa shape index (κ2) is 54.9. The van der Waals surface area contributed by atoms with Gasteiger partial charge < -0.3 is 50.5 Å². The molecule has 0 bridgehead atoms. The minimum atomic E-state index is -1.67. The molecule has 0 aromatic carbocycles. The van der Waals surface area contributed by atoms with Crippen LogP contribution in [-0.2, 0) is 14.3 Å². The number of rotatable bonds is 57. The highest BCUT2D eigenvalue weighted by Crippen LogP contribution is 2.24. The highest BCUT2D eigenvalue weighted by molar-refractivity contribution is 5.80. The second-order valence-corrected chi connectivity index (χ2v) is 23.2. The van der Waals surface area contributed by atoms with Gasteiger partial charge in [-0.15, -0.1) is 0 Å². The Balaban J connectivity index is 2.26. The van der Waals surface area contributed by atoms with Gasteiger partial charge in [-0.1, -0.05) is 281 Å². The maximum atomic E-state index is 13.2. The Morgan fingerprint density at radius 2 is 0.779 bits per heavy atom. The molecule has 0 aliphatic carbocycles. The van der Waals surface area contributed by atoms with Gasteiger partial charge in [0.05, 0.1) is 25.4 Å². The molecule has 1 fully saturated rings. The summed E-state index contributed by atoms with van der Waals surface area (Å²) in [5, 5.41) is 76.3. The van der Waals surface area contributed by atoms with Gasteiger partial charge >= 0.3 is 0 Å². The molecule has 0 radical (unpaired) electrons. The molecule has 454 valence electrons. The maximum Gasteiger partial charge on any atom is 0.249 e. The van der Waals surface area contributed by atoms with Crippen LogP contribution in [0.5, 0.6) is 0 Å². The number of ether oxygens (including phenoxy) is 2. The zero-order valence-corrected chi connectivity index (χ0v) is 50.0. The Morgan fingerprint density at radius 3 is 1.16 bits per heavy atom. The first-order chi connectivity index (χ1) is 37.7. The Morgan fingerprint density at radius 1 is 0.442 bits per heavy atom. The Bertz CT molecular complexity index is 1350. The van der Waals surface area contributed by atoms with Gasteiger partial charge in [-0.05, 0) is 64.2 Å². The van der Waals surface area contributed by atoms with Gasteiger partial charge in [0.15, 0.2) is 6.29 Å². The average molecular weight is 1090 g/mol. The highest BCUT2D eigenvalue weighted by Gasteiger charge is 2.44. The van der Waals surface area contributed by atoms with E-state index in [2.05, 4.69) is 55.6 Å². The van der Waals surface area contributed by atoms with E-state index in [9.17, 15) is 40.5 Å². The number of carbonyl (C=O) groups is 1. The van der Waals surface area contributed by atoms with Gasteiger partial charge in [0.25, 0.3) is 0 Å². The van der Waals surface area contributed by atoms with E-state index in [-0.39, 0.29) is 12.8 Å². The molecule has 1 aliphatic heterocycles. The summed E-state index contributed by atoms with van der Waals surface area (Å²) in [6.07, 6.45) is 57.9. The summed E-state index contributed by atoms with van der Waals surface area (Å²) >= 11 is 0. The molecule has 11 heteroatoms. The number of carbonyl (C=O) groups excluding carboxylic acids is 1. The SMILES string of the molecule is CCCCCCCCCCC/C=C/CC/C=C/CC/C=C/CCCC(O)C(O)C(COC1OC(CO)C(O)C(O)C1O)NC(=O)C(O)CCCCCCCCCCCCCCCCCCCCCCCCCCCCCC. The summed E-state index contributed by atoms with van der Waals surface area (Å²) < 4.78 is 11.2. The summed E-state index contributed by atoms with van der Waals surface area (Å²) in [7, 11) is 0. The van der Waals surface area contributed by atoms with Crippen LogP contribution in [-0.4, -0.2) is 110 Å². The quantitative estimate of drug-likeness (QED) is 0.0215. The van der Waals surface area contributed by atoms with Crippen LogP contribution in [0.1, 0.15) is 309 Å². The van der Waals surface area contributed by atoms with Crippen LogP contribution >= 0.6 is 0 Å². The van der Waals surface area contributed by atoms with E-state index < -0.39 is 74.2 Å². The van der Waals surface area contributed by atoms with Crippen LogP contribution in [0, 0.1) is 0 Å². The molecule has 1 amide bonds. The van der Waals surface area contributed by atoms with Crippen LogP contribution < -0.4 is 5.32 Å². The molecule has 9 unspecified atom stereocenters. The van der Waals surface area contributed by atoms with Crippen molar-refractivity contribution in [3.63, 3.8) is 0 Å². The fourth-order valence-corrected chi connectivity index (χ4v) is 10.6. The molecular formula is C66H125NO10. The third-order valence-electron chi connectivity index (χ3n) is 15.9. The van der Waals surface area contributed by atoms with E-state index in [1.54, 1.807) is 0 Å². The van der Waals surface area contributed by atoms with E-state index in [4.69, 9.17) is 9.47 Å². The Kier molecular flexibility index (Phi) is 52.3. The van der Waals surface area contributed by atoms with Gasteiger partial charge in [0.1, 0.15) is 36.6 Å². The lowest BCUT2D eigenvalue weighted by molar-refractivity contribution is -0.303. The number of allylic oxidation sites excluding steroid dienone is 6. The van der Waals surface area contributed by atoms with E-state index >= 15 is 0 Å². The third-order valence-corrected chi connectivity index (χ3v) is 15.9. The minimum Gasteiger partial charge on any atom is -0.394 e. The topological polar surface area (TPSA) is 189 Å². The van der Waals surface area contributed by atoms with Crippen LogP contribution in [0.15, 0.2) is 36.5 Å². The molecule has 1 rings (SSSR count). The normalized spacial score (nSPS) is 19.7. The van der Waals surface area contributed by atoms with Crippen LogP contribution in [0.4, 0.5) is 0 Å². The van der Waals surface area contributed by atoms with E-state index in [0.29, 0.717) is 19.3 Å². The molecule has 0 spiro atoms. The van der Waals surface area contributed by atoms with Crippen molar-refractivity contribution in [2.24, 2.45) is 0 Å². The van der Waals surface area contributed by atoms with E-state index in [1.165, 1.54) is 218 Å². The van der Waals surface area contributed by atoms with Crippen molar-refractivity contribution in [1.29, 1.82) is 0 Å². The largest absolute Gasteiger partial charge is 0.394 e. The molecule has 11 nitrogen and oxygen atoms in total. The third kappa shape index (κ3) is 42.8. The molecular weight excluding hydrogens is 967 g/mol. The van der Waals surface area contributed by atoms with Crippen molar-refractivity contribution >= 4 is 5.91 Å². The monoisotopic (exact) mass is 1090 g/mol. The van der Waals surface area contributed by atoms with Crippen LogP contribution in [0.25, 0.3) is 0 Å². The van der Waals surface area contributed by atoms with Gasteiger partial charge in [0.2, 0.25) is 5.91 Å². The molecule has 77 heavy (non-hydrogen) atoms. The molecule has 1 heterocycles. The maximum absolute atomic E-state index is 13.2.